The molecule has 4 aromatic rings. The second-order valence-electron chi connectivity index (χ2n) is 6.48. The van der Waals surface area contributed by atoms with Crippen molar-refractivity contribution in [3.63, 3.8) is 0 Å². The van der Waals surface area contributed by atoms with Gasteiger partial charge >= 0.3 is 0 Å². The smallest absolute Gasteiger partial charge is 0.257 e. The van der Waals surface area contributed by atoms with Gasteiger partial charge in [-0.2, -0.15) is 0 Å². The molecule has 0 spiro atoms. The zero-order chi connectivity index (χ0) is 21.3. The molecular formula is C19H16N4O5S2. The van der Waals surface area contributed by atoms with Crippen LogP contribution in [0.4, 0.5) is 5.13 Å². The second kappa shape index (κ2) is 7.84. The van der Waals surface area contributed by atoms with Gasteiger partial charge in [-0.3, -0.25) is 10.1 Å². The highest BCUT2D eigenvalue weighted by Gasteiger charge is 2.13. The highest BCUT2D eigenvalue weighted by molar-refractivity contribution is 7.90. The second-order valence-corrected chi connectivity index (χ2v) is 9.53. The number of fused-ring (bicyclic) bond motifs is 1. The van der Waals surface area contributed by atoms with Crippen LogP contribution in [0.1, 0.15) is 21.7 Å². The lowest BCUT2D eigenvalue weighted by molar-refractivity contribution is 0.102. The van der Waals surface area contributed by atoms with Gasteiger partial charge < -0.3 is 4.74 Å². The highest BCUT2D eigenvalue weighted by atomic mass is 32.2. The first-order valence-electron chi connectivity index (χ1n) is 8.72. The van der Waals surface area contributed by atoms with Crippen molar-refractivity contribution in [3.05, 3.63) is 59.4 Å². The van der Waals surface area contributed by atoms with Crippen LogP contribution in [-0.2, 0) is 16.4 Å². The standard InChI is InChI=1S/C19H16N4O5S2/c1-11-16(23-28-22-11)10-27-13-5-3-12(4-6-13)18(24)21-19-20-15-8-7-14(30(2,25)26)9-17(15)29-19/h3-9H,10H2,1-2H3,(H,20,21,24). The van der Waals surface area contributed by atoms with Crippen LogP contribution in [0.25, 0.3) is 10.2 Å². The van der Waals surface area contributed by atoms with E-state index in [1.807, 2.05) is 0 Å². The molecule has 30 heavy (non-hydrogen) atoms. The molecule has 2 heterocycles. The molecule has 2 aromatic heterocycles. The molecule has 0 aliphatic heterocycles. The fourth-order valence-electron chi connectivity index (χ4n) is 2.59. The molecule has 0 fully saturated rings. The lowest BCUT2D eigenvalue weighted by Gasteiger charge is -2.06. The van der Waals surface area contributed by atoms with Gasteiger partial charge in [0.1, 0.15) is 23.7 Å². The minimum absolute atomic E-state index is 0.210. The number of carbonyl (C=O) groups is 1. The van der Waals surface area contributed by atoms with Crippen molar-refractivity contribution in [2.24, 2.45) is 0 Å². The Labute approximate surface area is 175 Å². The molecule has 0 saturated heterocycles. The van der Waals surface area contributed by atoms with Gasteiger partial charge in [-0.25, -0.2) is 18.0 Å². The number of aromatic nitrogens is 3. The van der Waals surface area contributed by atoms with Crippen molar-refractivity contribution < 1.29 is 22.6 Å². The maximum Gasteiger partial charge on any atom is 0.257 e. The molecule has 2 aromatic carbocycles. The van der Waals surface area contributed by atoms with Crippen LogP contribution in [0.15, 0.2) is 52.0 Å². The Morgan fingerprint density at radius 3 is 2.60 bits per heavy atom. The summed E-state index contributed by atoms with van der Waals surface area (Å²) in [6.07, 6.45) is 1.15. The third kappa shape index (κ3) is 4.31. The Kier molecular flexibility index (Phi) is 5.22. The quantitative estimate of drug-likeness (QED) is 0.481. The summed E-state index contributed by atoms with van der Waals surface area (Å²) >= 11 is 1.21. The van der Waals surface area contributed by atoms with Crippen LogP contribution >= 0.6 is 11.3 Å². The summed E-state index contributed by atoms with van der Waals surface area (Å²) in [5.41, 5.74) is 2.30. The van der Waals surface area contributed by atoms with Crippen molar-refractivity contribution in [2.75, 3.05) is 11.6 Å². The maximum absolute atomic E-state index is 12.5. The fraction of sp³-hybridized carbons (Fsp3) is 0.158. The van der Waals surface area contributed by atoms with E-state index in [2.05, 4.69) is 25.2 Å². The summed E-state index contributed by atoms with van der Waals surface area (Å²) in [4.78, 5) is 17.0. The average Bonchev–Trinajstić information content (AvgIpc) is 3.30. The van der Waals surface area contributed by atoms with Crippen LogP contribution < -0.4 is 10.1 Å². The number of aryl methyl sites for hydroxylation is 1. The average molecular weight is 444 g/mol. The molecule has 0 unspecified atom stereocenters. The van der Waals surface area contributed by atoms with Crippen LogP contribution in [-0.4, -0.2) is 35.9 Å². The third-order valence-corrected chi connectivity index (χ3v) is 6.29. The van der Waals surface area contributed by atoms with E-state index in [4.69, 9.17) is 4.74 Å². The summed E-state index contributed by atoms with van der Waals surface area (Å²) < 4.78 is 34.3. The number of amides is 1. The Bertz CT molecular complexity index is 1330. The van der Waals surface area contributed by atoms with E-state index in [0.29, 0.717) is 38.0 Å². The zero-order valence-electron chi connectivity index (χ0n) is 15.9. The number of rotatable bonds is 6. The van der Waals surface area contributed by atoms with Crippen LogP contribution in [0, 0.1) is 6.92 Å². The lowest BCUT2D eigenvalue weighted by Crippen LogP contribution is -2.11. The largest absolute Gasteiger partial charge is 0.487 e. The molecule has 154 valence electrons. The summed E-state index contributed by atoms with van der Waals surface area (Å²) in [7, 11) is -3.31. The number of ether oxygens (including phenoxy) is 1. The number of anilines is 1. The number of nitrogens with one attached hydrogen (secondary N) is 1. The summed E-state index contributed by atoms with van der Waals surface area (Å²) in [5.74, 6) is 0.239. The van der Waals surface area contributed by atoms with E-state index < -0.39 is 9.84 Å². The van der Waals surface area contributed by atoms with Gasteiger partial charge in [0.05, 0.1) is 15.1 Å². The molecule has 0 aliphatic carbocycles. The topological polar surface area (TPSA) is 124 Å². The Hall–Kier alpha value is -3.31. The fourth-order valence-corrected chi connectivity index (χ4v) is 4.21. The van der Waals surface area contributed by atoms with Crippen LogP contribution in [0.3, 0.4) is 0 Å². The van der Waals surface area contributed by atoms with Crippen LogP contribution in [0.2, 0.25) is 0 Å². The number of sulfone groups is 1. The minimum Gasteiger partial charge on any atom is -0.487 e. The molecule has 4 rings (SSSR count). The monoisotopic (exact) mass is 444 g/mol. The Morgan fingerprint density at radius 1 is 1.17 bits per heavy atom. The molecule has 0 saturated carbocycles. The van der Waals surface area contributed by atoms with Gasteiger partial charge in [0.15, 0.2) is 15.0 Å². The van der Waals surface area contributed by atoms with Crippen molar-refractivity contribution >= 4 is 42.4 Å². The predicted octanol–water partition coefficient (Wildman–Crippen LogP) is 3.22. The SMILES string of the molecule is Cc1nonc1COc1ccc(C(=O)Nc2nc3ccc(S(C)(=O)=O)cc3s2)cc1. The Morgan fingerprint density at radius 2 is 1.93 bits per heavy atom. The van der Waals surface area contributed by atoms with E-state index in [0.717, 1.165) is 6.26 Å². The Balaban J connectivity index is 1.44. The molecule has 0 radical (unpaired) electrons. The van der Waals surface area contributed by atoms with E-state index in [9.17, 15) is 13.2 Å². The number of carbonyl (C=O) groups excluding carboxylic acids is 1. The van der Waals surface area contributed by atoms with E-state index in [-0.39, 0.29) is 17.4 Å². The van der Waals surface area contributed by atoms with Gasteiger partial charge in [-0.05, 0) is 49.4 Å². The molecular weight excluding hydrogens is 428 g/mol. The third-order valence-electron chi connectivity index (χ3n) is 4.25. The molecule has 11 heteroatoms. The highest BCUT2D eigenvalue weighted by Crippen LogP contribution is 2.28. The van der Waals surface area contributed by atoms with Gasteiger partial charge in [0.2, 0.25) is 0 Å². The predicted molar refractivity (Wildman–Crippen MR) is 110 cm³/mol. The van der Waals surface area contributed by atoms with Crippen molar-refractivity contribution in [1.82, 2.24) is 15.3 Å². The molecule has 0 bridgehead atoms. The summed E-state index contributed by atoms with van der Waals surface area (Å²) in [6, 6.07) is 11.3. The van der Waals surface area contributed by atoms with Crippen molar-refractivity contribution in [3.8, 4) is 5.75 Å². The summed E-state index contributed by atoms with van der Waals surface area (Å²) in [6.45, 7) is 1.98. The molecule has 0 atom stereocenters. The van der Waals surface area contributed by atoms with Gasteiger partial charge in [0.25, 0.3) is 5.91 Å². The minimum atomic E-state index is -3.31. The first kappa shape index (κ1) is 20.0. The number of hydrogen-bond donors (Lipinski definition) is 1. The molecule has 0 aliphatic rings. The van der Waals surface area contributed by atoms with E-state index in [1.165, 1.54) is 17.4 Å². The normalized spacial score (nSPS) is 11.5. The maximum atomic E-state index is 12.5. The summed E-state index contributed by atoms with van der Waals surface area (Å²) in [5, 5.41) is 10.5. The van der Waals surface area contributed by atoms with E-state index in [1.54, 1.807) is 43.3 Å². The number of hydrogen-bond acceptors (Lipinski definition) is 9. The number of thiazole rings is 1. The van der Waals surface area contributed by atoms with Crippen molar-refractivity contribution in [1.29, 1.82) is 0 Å². The van der Waals surface area contributed by atoms with Crippen LogP contribution in [0.5, 0.6) is 5.75 Å². The van der Waals surface area contributed by atoms with Gasteiger partial charge in [-0.15, -0.1) is 0 Å². The van der Waals surface area contributed by atoms with Gasteiger partial charge in [0, 0.05) is 11.8 Å². The number of nitrogens with zero attached hydrogens (tertiary/aromatic N) is 3. The molecule has 1 amide bonds. The first-order valence-corrected chi connectivity index (χ1v) is 11.4. The van der Waals surface area contributed by atoms with Crippen molar-refractivity contribution in [2.45, 2.75) is 18.4 Å². The molecule has 9 nitrogen and oxygen atoms in total. The zero-order valence-corrected chi connectivity index (χ0v) is 17.6. The molecule has 1 N–H and O–H groups in total. The first-order chi connectivity index (χ1) is 14.3. The lowest BCUT2D eigenvalue weighted by atomic mass is 10.2. The van der Waals surface area contributed by atoms with Gasteiger partial charge in [-0.1, -0.05) is 21.7 Å². The van der Waals surface area contributed by atoms with E-state index >= 15 is 0 Å². The number of benzene rings is 2.